The summed E-state index contributed by atoms with van der Waals surface area (Å²) in [5, 5.41) is 11.7. The molecule has 0 radical (unpaired) electrons. The van der Waals surface area contributed by atoms with Crippen LogP contribution in [-0.2, 0) is 32.3 Å². The maximum Gasteiger partial charge on any atom is 0.265 e. The zero-order valence-corrected chi connectivity index (χ0v) is 20.0. The van der Waals surface area contributed by atoms with Gasteiger partial charge >= 0.3 is 0 Å². The highest BCUT2D eigenvalue weighted by Gasteiger charge is 2.52. The Labute approximate surface area is 199 Å². The number of fused-ring (bicyclic) bond motifs is 2. The number of Topliss-reactive ketones (excluding diaryl/α,β-unsaturated/α-hetero) is 1. The van der Waals surface area contributed by atoms with Gasteiger partial charge in [0.1, 0.15) is 22.0 Å². The van der Waals surface area contributed by atoms with Crippen molar-refractivity contribution in [1.82, 2.24) is 0 Å². The van der Waals surface area contributed by atoms with E-state index in [2.05, 4.69) is 4.72 Å². The van der Waals surface area contributed by atoms with Gasteiger partial charge in [-0.2, -0.15) is 0 Å². The number of sulfonamides is 1. The van der Waals surface area contributed by atoms with Crippen LogP contribution in [0.2, 0.25) is 0 Å². The number of aliphatic hydroxyl groups is 1. The van der Waals surface area contributed by atoms with Crippen LogP contribution in [-0.4, -0.2) is 26.4 Å². The molecule has 3 aromatic rings. The van der Waals surface area contributed by atoms with Gasteiger partial charge in [0.15, 0.2) is 0 Å². The first-order chi connectivity index (χ1) is 16.2. The third-order valence-electron chi connectivity index (χ3n) is 7.31. The van der Waals surface area contributed by atoms with Crippen molar-refractivity contribution in [2.45, 2.75) is 48.5 Å². The Balaban J connectivity index is 1.67. The van der Waals surface area contributed by atoms with Gasteiger partial charge in [-0.15, -0.1) is 0 Å². The largest absolute Gasteiger partial charge is 0.495 e. The van der Waals surface area contributed by atoms with E-state index in [1.54, 1.807) is 37.3 Å². The molecule has 1 atom stereocenters. The lowest BCUT2D eigenvalue weighted by molar-refractivity contribution is -0.125. The number of nitrogens with one attached hydrogen (secondary N) is 1. The van der Waals surface area contributed by atoms with E-state index in [0.717, 1.165) is 30.4 Å². The van der Waals surface area contributed by atoms with Gasteiger partial charge in [0.2, 0.25) is 0 Å². The Bertz CT molecular complexity index is 1380. The number of ketones is 1. The molecule has 1 saturated carbocycles. The summed E-state index contributed by atoms with van der Waals surface area (Å²) < 4.78 is 34.5. The standard InChI is InChI=1S/C27H27NO5S/c1-26(30,18-9-4-3-5-10-18)21-15-19(16-22-20(21)17-25(29)27(22)13-8-14-27)28-34(31,32)24-12-7-6-11-23(24)33-2/h3-7,9-12,15-16,28,30H,8,13-14,17H2,1-2H3. The summed E-state index contributed by atoms with van der Waals surface area (Å²) >= 11 is 0. The minimum absolute atomic E-state index is 0.0174. The Hall–Kier alpha value is -3.16. The van der Waals surface area contributed by atoms with Crippen LogP contribution in [0.3, 0.4) is 0 Å². The van der Waals surface area contributed by atoms with Gasteiger partial charge in [0, 0.05) is 12.1 Å². The summed E-state index contributed by atoms with van der Waals surface area (Å²) in [6.45, 7) is 1.69. The summed E-state index contributed by atoms with van der Waals surface area (Å²) in [6, 6.07) is 19.0. The molecule has 176 valence electrons. The second kappa shape index (κ2) is 7.96. The Morgan fingerprint density at radius 1 is 1.03 bits per heavy atom. The number of hydrogen-bond donors (Lipinski definition) is 2. The van der Waals surface area contributed by atoms with E-state index >= 15 is 0 Å². The highest BCUT2D eigenvalue weighted by atomic mass is 32.2. The van der Waals surface area contributed by atoms with E-state index in [9.17, 15) is 18.3 Å². The number of hydrogen-bond acceptors (Lipinski definition) is 5. The van der Waals surface area contributed by atoms with E-state index < -0.39 is 21.0 Å². The van der Waals surface area contributed by atoms with Crippen LogP contribution in [0.1, 0.15) is 48.4 Å². The third-order valence-corrected chi connectivity index (χ3v) is 8.74. The Morgan fingerprint density at radius 3 is 2.35 bits per heavy atom. The predicted octanol–water partition coefficient (Wildman–Crippen LogP) is 4.30. The molecule has 34 heavy (non-hydrogen) atoms. The molecule has 7 heteroatoms. The molecule has 2 aliphatic carbocycles. The lowest BCUT2D eigenvalue weighted by Gasteiger charge is -2.38. The summed E-state index contributed by atoms with van der Waals surface area (Å²) in [6.07, 6.45) is 2.68. The molecule has 0 aliphatic heterocycles. The van der Waals surface area contributed by atoms with Crippen molar-refractivity contribution < 1.29 is 23.1 Å². The number of carbonyl (C=O) groups is 1. The molecule has 2 N–H and O–H groups in total. The van der Waals surface area contributed by atoms with Crippen LogP contribution in [0.25, 0.3) is 0 Å². The first-order valence-corrected chi connectivity index (χ1v) is 12.8. The van der Waals surface area contributed by atoms with Gasteiger partial charge in [-0.25, -0.2) is 8.42 Å². The molecule has 0 amide bonds. The molecule has 3 aromatic carbocycles. The molecule has 6 nitrogen and oxygen atoms in total. The average molecular weight is 478 g/mol. The molecule has 1 fully saturated rings. The van der Waals surface area contributed by atoms with E-state index in [1.165, 1.54) is 13.2 Å². The van der Waals surface area contributed by atoms with Gasteiger partial charge in [-0.3, -0.25) is 9.52 Å². The minimum atomic E-state index is -3.98. The van der Waals surface area contributed by atoms with Crippen molar-refractivity contribution in [3.8, 4) is 5.75 Å². The zero-order valence-electron chi connectivity index (χ0n) is 19.2. The van der Waals surface area contributed by atoms with Crippen molar-refractivity contribution in [3.05, 3.63) is 89.0 Å². The predicted molar refractivity (Wildman–Crippen MR) is 130 cm³/mol. The van der Waals surface area contributed by atoms with Crippen LogP contribution in [0.4, 0.5) is 5.69 Å². The number of carbonyl (C=O) groups excluding carboxylic acids is 1. The monoisotopic (exact) mass is 477 g/mol. The third kappa shape index (κ3) is 3.42. The molecule has 0 bridgehead atoms. The topological polar surface area (TPSA) is 92.7 Å². The molecule has 1 spiro atoms. The first-order valence-electron chi connectivity index (χ1n) is 11.3. The van der Waals surface area contributed by atoms with Gasteiger partial charge in [0.05, 0.1) is 12.5 Å². The molecule has 0 heterocycles. The number of benzene rings is 3. The minimum Gasteiger partial charge on any atom is -0.495 e. The molecule has 2 aliphatic rings. The van der Waals surface area contributed by atoms with Gasteiger partial charge in [-0.1, -0.05) is 48.9 Å². The Kier molecular flexibility index (Phi) is 5.30. The molecular weight excluding hydrogens is 450 g/mol. The van der Waals surface area contributed by atoms with Crippen LogP contribution in [0, 0.1) is 0 Å². The summed E-state index contributed by atoms with van der Waals surface area (Å²) in [7, 11) is -2.56. The summed E-state index contributed by atoms with van der Waals surface area (Å²) in [5.74, 6) is 0.377. The quantitative estimate of drug-likeness (QED) is 0.552. The maximum absolute atomic E-state index is 13.3. The fraction of sp³-hybridized carbons (Fsp3) is 0.296. The molecule has 0 saturated heterocycles. The normalized spacial score (nSPS) is 18.1. The highest BCUT2D eigenvalue weighted by Crippen LogP contribution is 2.53. The van der Waals surface area contributed by atoms with E-state index in [-0.39, 0.29) is 22.8 Å². The molecule has 5 rings (SSSR count). The lowest BCUT2D eigenvalue weighted by atomic mass is 9.64. The number of ether oxygens (including phenoxy) is 1. The van der Waals surface area contributed by atoms with Gasteiger partial charge in [0.25, 0.3) is 10.0 Å². The second-order valence-corrected chi connectivity index (χ2v) is 10.9. The van der Waals surface area contributed by atoms with E-state index in [0.29, 0.717) is 16.8 Å². The molecular formula is C27H27NO5S. The lowest BCUT2D eigenvalue weighted by Crippen LogP contribution is -2.39. The second-order valence-electron chi connectivity index (χ2n) is 9.28. The zero-order chi connectivity index (χ0) is 24.1. The Morgan fingerprint density at radius 2 is 1.71 bits per heavy atom. The SMILES string of the molecule is COc1ccccc1S(=O)(=O)Nc1cc2c(c(C(C)(O)c3ccccc3)c1)CC(=O)C21CCC1. The summed E-state index contributed by atoms with van der Waals surface area (Å²) in [4.78, 5) is 13.1. The fourth-order valence-electron chi connectivity index (χ4n) is 5.31. The first kappa shape index (κ1) is 22.6. The molecule has 0 aromatic heterocycles. The average Bonchev–Trinajstić information content (AvgIpc) is 3.10. The van der Waals surface area contributed by atoms with Crippen molar-refractivity contribution in [2.75, 3.05) is 11.8 Å². The number of rotatable bonds is 6. The van der Waals surface area contributed by atoms with Crippen molar-refractivity contribution in [3.63, 3.8) is 0 Å². The number of methoxy groups -OCH3 is 1. The van der Waals surface area contributed by atoms with E-state index in [1.807, 2.05) is 30.3 Å². The van der Waals surface area contributed by atoms with Gasteiger partial charge in [-0.05, 0) is 66.3 Å². The number of para-hydroxylation sites is 1. The van der Waals surface area contributed by atoms with Crippen LogP contribution < -0.4 is 9.46 Å². The maximum atomic E-state index is 13.3. The van der Waals surface area contributed by atoms with Gasteiger partial charge < -0.3 is 9.84 Å². The summed E-state index contributed by atoms with van der Waals surface area (Å²) in [5.41, 5.74) is 1.18. The fourth-order valence-corrected chi connectivity index (χ4v) is 6.52. The van der Waals surface area contributed by atoms with Crippen LogP contribution >= 0.6 is 0 Å². The van der Waals surface area contributed by atoms with Crippen LogP contribution in [0.5, 0.6) is 5.75 Å². The van der Waals surface area contributed by atoms with Crippen molar-refractivity contribution in [2.24, 2.45) is 0 Å². The van der Waals surface area contributed by atoms with Crippen molar-refractivity contribution >= 4 is 21.5 Å². The van der Waals surface area contributed by atoms with Crippen LogP contribution in [0.15, 0.2) is 71.6 Å². The van der Waals surface area contributed by atoms with Crippen molar-refractivity contribution in [1.29, 1.82) is 0 Å². The number of anilines is 1. The van der Waals surface area contributed by atoms with E-state index in [4.69, 9.17) is 4.74 Å². The highest BCUT2D eigenvalue weighted by molar-refractivity contribution is 7.92. The molecule has 1 unspecified atom stereocenters. The smallest absolute Gasteiger partial charge is 0.265 e.